The number of thiophene rings is 1. The number of benzene rings is 1. The normalized spacial score (nSPS) is 17.1. The number of hydrogen-bond acceptors (Lipinski definition) is 3. The van der Waals surface area contributed by atoms with Gasteiger partial charge < -0.3 is 0 Å². The lowest BCUT2D eigenvalue weighted by atomic mass is 10.0. The van der Waals surface area contributed by atoms with Crippen LogP contribution in [0.5, 0.6) is 0 Å². The van der Waals surface area contributed by atoms with Gasteiger partial charge in [0.25, 0.3) is 10.0 Å². The maximum Gasteiger partial charge on any atom is 0.250 e. The van der Waals surface area contributed by atoms with Gasteiger partial charge in [0.05, 0.1) is 3.79 Å². The monoisotopic (exact) mass is 371 g/mol. The third-order valence-electron chi connectivity index (χ3n) is 3.35. The van der Waals surface area contributed by atoms with Crippen molar-refractivity contribution >= 4 is 37.3 Å². The summed E-state index contributed by atoms with van der Waals surface area (Å²) in [5.41, 5.74) is 1.04. The Morgan fingerprint density at radius 3 is 2.40 bits per heavy atom. The molecule has 1 aliphatic rings. The van der Waals surface area contributed by atoms with Crippen molar-refractivity contribution in [3.8, 4) is 0 Å². The molecule has 3 rings (SSSR count). The molecule has 1 fully saturated rings. The molecule has 1 aromatic heterocycles. The van der Waals surface area contributed by atoms with E-state index in [0.717, 1.165) is 22.2 Å². The molecule has 1 atom stereocenters. The summed E-state index contributed by atoms with van der Waals surface area (Å²) in [6.45, 7) is 0. The Morgan fingerprint density at radius 2 is 1.85 bits per heavy atom. The van der Waals surface area contributed by atoms with Crippen LogP contribution < -0.4 is 4.72 Å². The van der Waals surface area contributed by atoms with Gasteiger partial charge >= 0.3 is 0 Å². The lowest BCUT2D eigenvalue weighted by molar-refractivity contribution is 0.530. The maximum atomic E-state index is 12.4. The fourth-order valence-corrected chi connectivity index (χ4v) is 5.51. The fourth-order valence-electron chi connectivity index (χ4n) is 2.19. The van der Waals surface area contributed by atoms with E-state index in [-0.39, 0.29) is 6.04 Å². The van der Waals surface area contributed by atoms with Crippen LogP contribution >= 0.6 is 27.3 Å². The Labute approximate surface area is 131 Å². The van der Waals surface area contributed by atoms with Crippen LogP contribution in [0.25, 0.3) is 0 Å². The van der Waals surface area contributed by atoms with Gasteiger partial charge in [-0.1, -0.05) is 30.3 Å². The van der Waals surface area contributed by atoms with Gasteiger partial charge in [-0.15, -0.1) is 11.3 Å². The van der Waals surface area contributed by atoms with Gasteiger partial charge in [-0.3, -0.25) is 0 Å². The quantitative estimate of drug-likeness (QED) is 0.864. The molecule has 0 bridgehead atoms. The highest BCUT2D eigenvalue weighted by molar-refractivity contribution is 9.11. The molecule has 6 heteroatoms. The SMILES string of the molecule is O=S(=O)(N[C@H](c1ccccc1)C1CC1)c1ccc(Br)s1. The summed E-state index contributed by atoms with van der Waals surface area (Å²) in [4.78, 5) is 0. The smallest absolute Gasteiger partial charge is 0.206 e. The second-order valence-electron chi connectivity index (χ2n) is 4.91. The van der Waals surface area contributed by atoms with Crippen molar-refractivity contribution in [1.82, 2.24) is 4.72 Å². The minimum atomic E-state index is -3.45. The second-order valence-corrected chi connectivity index (χ2v) is 9.31. The third-order valence-corrected chi connectivity index (χ3v) is 6.90. The Balaban J connectivity index is 1.87. The van der Waals surface area contributed by atoms with Crippen LogP contribution in [0.4, 0.5) is 0 Å². The second kappa shape index (κ2) is 5.60. The molecule has 0 spiro atoms. The summed E-state index contributed by atoms with van der Waals surface area (Å²) < 4.78 is 28.9. The van der Waals surface area contributed by atoms with Gasteiger partial charge in [-0.05, 0) is 52.4 Å². The first kappa shape index (κ1) is 14.3. The zero-order valence-corrected chi connectivity index (χ0v) is 13.8. The minimum Gasteiger partial charge on any atom is -0.206 e. The van der Waals surface area contributed by atoms with E-state index >= 15 is 0 Å². The zero-order chi connectivity index (χ0) is 14.2. The van der Waals surface area contributed by atoms with E-state index < -0.39 is 10.0 Å². The molecule has 1 aromatic carbocycles. The lowest BCUT2D eigenvalue weighted by Crippen LogP contribution is -2.29. The first-order chi connectivity index (χ1) is 9.56. The number of halogens is 1. The molecule has 0 aliphatic heterocycles. The molecule has 1 N–H and O–H groups in total. The van der Waals surface area contributed by atoms with Gasteiger partial charge in [-0.2, -0.15) is 0 Å². The van der Waals surface area contributed by atoms with Gasteiger partial charge in [0.15, 0.2) is 0 Å². The highest BCUT2D eigenvalue weighted by Crippen LogP contribution is 2.42. The lowest BCUT2D eigenvalue weighted by Gasteiger charge is -2.18. The van der Waals surface area contributed by atoms with Crippen molar-refractivity contribution < 1.29 is 8.42 Å². The number of nitrogens with one attached hydrogen (secondary N) is 1. The molecule has 3 nitrogen and oxygen atoms in total. The van der Waals surface area contributed by atoms with Gasteiger partial charge in [0.1, 0.15) is 4.21 Å². The molecule has 20 heavy (non-hydrogen) atoms. The first-order valence-corrected chi connectivity index (χ1v) is 9.48. The van der Waals surface area contributed by atoms with Crippen molar-refractivity contribution in [3.63, 3.8) is 0 Å². The fraction of sp³-hybridized carbons (Fsp3) is 0.286. The Bertz CT molecular complexity index is 693. The highest BCUT2D eigenvalue weighted by Gasteiger charge is 2.35. The van der Waals surface area contributed by atoms with Crippen molar-refractivity contribution in [3.05, 3.63) is 51.8 Å². The molecular weight excluding hydrogens is 358 g/mol. The number of rotatable bonds is 5. The van der Waals surface area contributed by atoms with Crippen molar-refractivity contribution in [2.24, 2.45) is 5.92 Å². The molecular formula is C14H14BrNO2S2. The van der Waals surface area contributed by atoms with E-state index in [1.165, 1.54) is 11.3 Å². The summed E-state index contributed by atoms with van der Waals surface area (Å²) >= 11 is 4.53. The largest absolute Gasteiger partial charge is 0.250 e. The molecule has 0 amide bonds. The topological polar surface area (TPSA) is 46.2 Å². The Morgan fingerprint density at radius 1 is 1.15 bits per heavy atom. The van der Waals surface area contributed by atoms with E-state index in [9.17, 15) is 8.42 Å². The van der Waals surface area contributed by atoms with Crippen LogP contribution in [0.15, 0.2) is 50.5 Å². The van der Waals surface area contributed by atoms with Crippen LogP contribution in [0, 0.1) is 5.92 Å². The molecule has 0 radical (unpaired) electrons. The molecule has 1 heterocycles. The molecule has 1 aliphatic carbocycles. The van der Waals surface area contributed by atoms with Gasteiger partial charge in [-0.25, -0.2) is 13.1 Å². The summed E-state index contributed by atoms with van der Waals surface area (Å²) in [7, 11) is -3.45. The molecule has 0 saturated heterocycles. The average molecular weight is 372 g/mol. The minimum absolute atomic E-state index is 0.123. The first-order valence-electron chi connectivity index (χ1n) is 6.39. The van der Waals surface area contributed by atoms with Crippen LogP contribution in [0.1, 0.15) is 24.4 Å². The summed E-state index contributed by atoms with van der Waals surface area (Å²) in [5.74, 6) is 0.413. The Hall–Kier alpha value is -0.690. The van der Waals surface area contributed by atoms with Gasteiger partial charge in [0.2, 0.25) is 0 Å². The van der Waals surface area contributed by atoms with Crippen LogP contribution in [0.3, 0.4) is 0 Å². The van der Waals surface area contributed by atoms with E-state index in [4.69, 9.17) is 0 Å². The van der Waals surface area contributed by atoms with E-state index in [1.807, 2.05) is 30.3 Å². The average Bonchev–Trinajstić information content (AvgIpc) is 3.18. The standard InChI is InChI=1S/C14H14BrNO2S2/c15-12-8-9-13(19-12)20(17,18)16-14(11-6-7-11)10-4-2-1-3-5-10/h1-5,8-9,11,14,16H,6-7H2/t14-/m1/s1. The number of sulfonamides is 1. The predicted octanol–water partition coefficient (Wildman–Crippen LogP) is 3.94. The summed E-state index contributed by atoms with van der Waals surface area (Å²) in [5, 5.41) is 0. The Kier molecular flexibility index (Phi) is 3.99. The summed E-state index contributed by atoms with van der Waals surface area (Å²) in [6, 6.07) is 13.1. The summed E-state index contributed by atoms with van der Waals surface area (Å²) in [6.07, 6.45) is 2.16. The molecule has 2 aromatic rings. The maximum absolute atomic E-state index is 12.4. The predicted molar refractivity (Wildman–Crippen MR) is 84.2 cm³/mol. The zero-order valence-electron chi connectivity index (χ0n) is 10.6. The number of hydrogen-bond donors (Lipinski definition) is 1. The third kappa shape index (κ3) is 3.14. The van der Waals surface area contributed by atoms with E-state index in [1.54, 1.807) is 12.1 Å². The van der Waals surface area contributed by atoms with E-state index in [0.29, 0.717) is 10.1 Å². The molecule has 0 unspecified atom stereocenters. The van der Waals surface area contributed by atoms with Crippen molar-refractivity contribution in [2.45, 2.75) is 23.1 Å². The highest BCUT2D eigenvalue weighted by atomic mass is 79.9. The van der Waals surface area contributed by atoms with Crippen molar-refractivity contribution in [1.29, 1.82) is 0 Å². The van der Waals surface area contributed by atoms with Gasteiger partial charge in [0, 0.05) is 6.04 Å². The van der Waals surface area contributed by atoms with E-state index in [2.05, 4.69) is 20.7 Å². The molecule has 106 valence electrons. The van der Waals surface area contributed by atoms with Crippen LogP contribution in [0.2, 0.25) is 0 Å². The molecule has 1 saturated carbocycles. The van der Waals surface area contributed by atoms with Crippen LogP contribution in [-0.4, -0.2) is 8.42 Å². The van der Waals surface area contributed by atoms with Crippen molar-refractivity contribution in [2.75, 3.05) is 0 Å². The van der Waals surface area contributed by atoms with Crippen LogP contribution in [-0.2, 0) is 10.0 Å².